The van der Waals surface area contributed by atoms with Crippen LogP contribution in [0.3, 0.4) is 0 Å². The van der Waals surface area contributed by atoms with Crippen LogP contribution < -0.4 is 10.5 Å². The number of anilines is 1. The lowest BCUT2D eigenvalue weighted by Gasteiger charge is -2.33. The van der Waals surface area contributed by atoms with Crippen LogP contribution in [0, 0.1) is 5.92 Å². The van der Waals surface area contributed by atoms with Crippen molar-refractivity contribution in [2.45, 2.75) is 45.6 Å². The van der Waals surface area contributed by atoms with Gasteiger partial charge < -0.3 is 4.90 Å². The maximum Gasteiger partial charge on any atom is 0.255 e. The molecular formula is C22H30N4O. The third kappa shape index (κ3) is 4.08. The molecule has 0 radical (unpaired) electrons. The van der Waals surface area contributed by atoms with Gasteiger partial charge in [0.1, 0.15) is 0 Å². The van der Waals surface area contributed by atoms with E-state index in [9.17, 15) is 4.79 Å². The predicted molar refractivity (Wildman–Crippen MR) is 109 cm³/mol. The van der Waals surface area contributed by atoms with Crippen LogP contribution >= 0.6 is 0 Å². The van der Waals surface area contributed by atoms with Crippen molar-refractivity contribution in [2.75, 3.05) is 31.1 Å². The first-order chi connectivity index (χ1) is 13.1. The highest BCUT2D eigenvalue weighted by Gasteiger charge is 2.25. The van der Waals surface area contributed by atoms with Gasteiger partial charge in [-0.3, -0.25) is 14.7 Å². The molecular weight excluding hydrogens is 336 g/mol. The highest BCUT2D eigenvalue weighted by atomic mass is 16.1. The molecule has 4 rings (SSSR count). The molecule has 0 spiro atoms. The Morgan fingerprint density at radius 3 is 2.67 bits per heavy atom. The van der Waals surface area contributed by atoms with Gasteiger partial charge in [0.2, 0.25) is 5.95 Å². The number of H-pyrrole nitrogens is 1. The van der Waals surface area contributed by atoms with E-state index in [0.717, 1.165) is 62.3 Å². The molecule has 1 saturated heterocycles. The fraction of sp³-hybridized carbons (Fsp3) is 0.545. The lowest BCUT2D eigenvalue weighted by Crippen LogP contribution is -2.40. The zero-order valence-corrected chi connectivity index (χ0v) is 16.4. The number of nitrogens with zero attached hydrogens (tertiary/aromatic N) is 3. The molecule has 1 atom stereocenters. The van der Waals surface area contributed by atoms with Gasteiger partial charge in [-0.05, 0) is 36.7 Å². The van der Waals surface area contributed by atoms with Crippen molar-refractivity contribution >= 4 is 5.95 Å². The van der Waals surface area contributed by atoms with Crippen molar-refractivity contribution < 1.29 is 0 Å². The molecule has 0 bridgehead atoms. The quantitative estimate of drug-likeness (QED) is 0.903. The van der Waals surface area contributed by atoms with Crippen LogP contribution in [0.4, 0.5) is 5.95 Å². The molecule has 0 saturated carbocycles. The molecule has 2 aromatic rings. The number of rotatable bonds is 4. The molecule has 144 valence electrons. The van der Waals surface area contributed by atoms with E-state index in [0.29, 0.717) is 5.92 Å². The van der Waals surface area contributed by atoms with Crippen molar-refractivity contribution in [1.82, 2.24) is 14.9 Å². The molecule has 1 aromatic carbocycles. The number of aromatic amines is 1. The van der Waals surface area contributed by atoms with E-state index in [-0.39, 0.29) is 5.56 Å². The molecule has 5 heteroatoms. The molecule has 1 N–H and O–H groups in total. The fourth-order valence-electron chi connectivity index (χ4n) is 4.28. The van der Waals surface area contributed by atoms with Crippen molar-refractivity contribution in [3.63, 3.8) is 0 Å². The summed E-state index contributed by atoms with van der Waals surface area (Å²) in [6.45, 7) is 9.23. The Bertz CT molecular complexity index is 824. The monoisotopic (exact) mass is 366 g/mol. The predicted octanol–water partition coefficient (Wildman–Crippen LogP) is 3.17. The second-order valence-corrected chi connectivity index (χ2v) is 8.28. The smallest absolute Gasteiger partial charge is 0.255 e. The van der Waals surface area contributed by atoms with Crippen molar-refractivity contribution in [2.24, 2.45) is 5.92 Å². The van der Waals surface area contributed by atoms with E-state index in [1.54, 1.807) is 0 Å². The van der Waals surface area contributed by atoms with Crippen LogP contribution in [0.2, 0.25) is 0 Å². The minimum atomic E-state index is 0.0596. The van der Waals surface area contributed by atoms with Crippen molar-refractivity contribution in [1.29, 1.82) is 0 Å². The third-order valence-corrected chi connectivity index (χ3v) is 6.12. The van der Waals surface area contributed by atoms with E-state index in [1.807, 2.05) is 0 Å². The molecule has 0 unspecified atom stereocenters. The molecule has 0 amide bonds. The number of benzene rings is 1. The maximum absolute atomic E-state index is 12.6. The number of fused-ring (bicyclic) bond motifs is 1. The number of hydrogen-bond donors (Lipinski definition) is 1. The van der Waals surface area contributed by atoms with Crippen molar-refractivity contribution in [3.8, 4) is 0 Å². The largest absolute Gasteiger partial charge is 0.342 e. The topological polar surface area (TPSA) is 52.2 Å². The van der Waals surface area contributed by atoms with E-state index < -0.39 is 0 Å². The normalized spacial score (nSPS) is 19.7. The summed E-state index contributed by atoms with van der Waals surface area (Å²) in [4.78, 5) is 25.2. The standard InChI is InChI=1S/C22H30N4O/c1-16-8-12-26(13-9-16)22-23-20-15-25(11-10-19(20)21(27)24-22)14-17(2)18-6-4-3-5-7-18/h3-7,16-17H,8-15H2,1-2H3,(H,23,24,27)/t17-/m1/s1. The Hall–Kier alpha value is -2.14. The summed E-state index contributed by atoms with van der Waals surface area (Å²) in [6, 6.07) is 10.7. The Labute approximate surface area is 161 Å². The Kier molecular flexibility index (Phi) is 5.30. The third-order valence-electron chi connectivity index (χ3n) is 6.12. The lowest BCUT2D eigenvalue weighted by molar-refractivity contribution is 0.237. The summed E-state index contributed by atoms with van der Waals surface area (Å²) >= 11 is 0. The van der Waals surface area contributed by atoms with Gasteiger partial charge in [-0.2, -0.15) is 0 Å². The minimum Gasteiger partial charge on any atom is -0.342 e. The van der Waals surface area contributed by atoms with Gasteiger partial charge in [-0.25, -0.2) is 4.98 Å². The van der Waals surface area contributed by atoms with E-state index in [2.05, 4.69) is 59.0 Å². The molecule has 0 aliphatic carbocycles. The molecule has 1 aromatic heterocycles. The zero-order chi connectivity index (χ0) is 18.8. The Balaban J connectivity index is 1.49. The summed E-state index contributed by atoms with van der Waals surface area (Å²) < 4.78 is 0. The number of nitrogens with one attached hydrogen (secondary N) is 1. The SMILES string of the molecule is CC1CCN(c2nc3c(c(=O)[nH]2)CCN(C[C@@H](C)c2ccccc2)C3)CC1. The van der Waals surface area contributed by atoms with E-state index in [4.69, 9.17) is 4.98 Å². The fourth-order valence-corrected chi connectivity index (χ4v) is 4.28. The number of piperidine rings is 1. The second kappa shape index (κ2) is 7.85. The van der Waals surface area contributed by atoms with Crippen molar-refractivity contribution in [3.05, 3.63) is 57.5 Å². The molecule has 1 fully saturated rings. The van der Waals surface area contributed by atoms with Gasteiger partial charge in [0.25, 0.3) is 5.56 Å². The summed E-state index contributed by atoms with van der Waals surface area (Å²) in [7, 11) is 0. The van der Waals surface area contributed by atoms with Gasteiger partial charge in [0.05, 0.1) is 5.69 Å². The minimum absolute atomic E-state index is 0.0596. The number of aromatic nitrogens is 2. The summed E-state index contributed by atoms with van der Waals surface area (Å²) in [6.07, 6.45) is 3.12. The van der Waals surface area contributed by atoms with Crippen LogP contribution in [0.15, 0.2) is 35.1 Å². The van der Waals surface area contributed by atoms with Gasteiger partial charge in [0.15, 0.2) is 0 Å². The molecule has 2 aliphatic heterocycles. The van der Waals surface area contributed by atoms with Gasteiger partial charge in [-0.15, -0.1) is 0 Å². The number of hydrogen-bond acceptors (Lipinski definition) is 4. The second-order valence-electron chi connectivity index (χ2n) is 8.28. The zero-order valence-electron chi connectivity index (χ0n) is 16.4. The van der Waals surface area contributed by atoms with Crippen LogP contribution in [0.1, 0.15) is 49.4 Å². The average molecular weight is 367 g/mol. The van der Waals surface area contributed by atoms with Gasteiger partial charge in [0, 0.05) is 38.3 Å². The molecule has 5 nitrogen and oxygen atoms in total. The summed E-state index contributed by atoms with van der Waals surface area (Å²) in [5.74, 6) is 2.00. The average Bonchev–Trinajstić information content (AvgIpc) is 2.69. The summed E-state index contributed by atoms with van der Waals surface area (Å²) in [5.41, 5.74) is 3.28. The summed E-state index contributed by atoms with van der Waals surface area (Å²) in [5, 5.41) is 0. The highest BCUT2D eigenvalue weighted by molar-refractivity contribution is 5.35. The highest BCUT2D eigenvalue weighted by Crippen LogP contribution is 2.23. The molecule has 27 heavy (non-hydrogen) atoms. The first-order valence-electron chi connectivity index (χ1n) is 10.2. The molecule has 3 heterocycles. The first-order valence-corrected chi connectivity index (χ1v) is 10.2. The van der Waals surface area contributed by atoms with Crippen LogP contribution in [-0.4, -0.2) is 41.0 Å². The van der Waals surface area contributed by atoms with Crippen LogP contribution in [0.25, 0.3) is 0 Å². The van der Waals surface area contributed by atoms with Crippen LogP contribution in [-0.2, 0) is 13.0 Å². The molecule has 2 aliphatic rings. The Morgan fingerprint density at radius 2 is 1.93 bits per heavy atom. The maximum atomic E-state index is 12.6. The van der Waals surface area contributed by atoms with Gasteiger partial charge in [-0.1, -0.05) is 44.2 Å². The van der Waals surface area contributed by atoms with Gasteiger partial charge >= 0.3 is 0 Å². The first kappa shape index (κ1) is 18.2. The van der Waals surface area contributed by atoms with E-state index in [1.165, 1.54) is 18.4 Å². The van der Waals surface area contributed by atoms with E-state index >= 15 is 0 Å². The lowest BCUT2D eigenvalue weighted by atomic mass is 9.98. The van der Waals surface area contributed by atoms with Crippen LogP contribution in [0.5, 0.6) is 0 Å². The Morgan fingerprint density at radius 1 is 1.19 bits per heavy atom.